The maximum absolute atomic E-state index is 12.2. The summed E-state index contributed by atoms with van der Waals surface area (Å²) in [6.07, 6.45) is 1.99. The molecule has 0 aliphatic carbocycles. The summed E-state index contributed by atoms with van der Waals surface area (Å²) in [6.45, 7) is 0.539. The highest BCUT2D eigenvalue weighted by atomic mass is 35.5. The normalized spacial score (nSPS) is 14.8. The third-order valence-corrected chi connectivity index (χ3v) is 3.40. The van der Waals surface area contributed by atoms with Gasteiger partial charge in [0, 0.05) is 23.0 Å². The molecule has 1 aliphatic heterocycles. The van der Waals surface area contributed by atoms with Crippen LogP contribution < -0.4 is 10.2 Å². The van der Waals surface area contributed by atoms with Gasteiger partial charge >= 0.3 is 6.03 Å². The first kappa shape index (κ1) is 12.8. The Hall–Kier alpha value is -2.26. The van der Waals surface area contributed by atoms with Gasteiger partial charge in [0.2, 0.25) is 0 Å². The molecule has 0 spiro atoms. The van der Waals surface area contributed by atoms with Crippen LogP contribution in [0.5, 0.6) is 0 Å². The third-order valence-electron chi connectivity index (χ3n) is 3.17. The summed E-state index contributed by atoms with van der Waals surface area (Å²) in [5, 5.41) is 3.55. The SMILES string of the molecule is O=C1NC(c2cccc(Cl)c2)=CCN1c1ccccc1. The summed E-state index contributed by atoms with van der Waals surface area (Å²) < 4.78 is 0. The van der Waals surface area contributed by atoms with Crippen LogP contribution in [0, 0.1) is 0 Å². The molecule has 0 atom stereocenters. The number of hydrogen-bond donors (Lipinski definition) is 1. The molecule has 0 unspecified atom stereocenters. The number of rotatable bonds is 2. The van der Waals surface area contributed by atoms with Crippen LogP contribution in [0.25, 0.3) is 5.70 Å². The van der Waals surface area contributed by atoms with Gasteiger partial charge in [-0.25, -0.2) is 4.79 Å². The van der Waals surface area contributed by atoms with Crippen LogP contribution in [0.4, 0.5) is 10.5 Å². The molecule has 3 rings (SSSR count). The van der Waals surface area contributed by atoms with Crippen molar-refractivity contribution in [2.24, 2.45) is 0 Å². The van der Waals surface area contributed by atoms with E-state index in [0.29, 0.717) is 11.6 Å². The molecule has 1 heterocycles. The topological polar surface area (TPSA) is 32.3 Å². The van der Waals surface area contributed by atoms with Gasteiger partial charge in [0.15, 0.2) is 0 Å². The van der Waals surface area contributed by atoms with Crippen LogP contribution in [0.2, 0.25) is 5.02 Å². The van der Waals surface area contributed by atoms with E-state index in [0.717, 1.165) is 16.9 Å². The Balaban J connectivity index is 1.86. The molecule has 0 fully saturated rings. The minimum Gasteiger partial charge on any atom is -0.307 e. The quantitative estimate of drug-likeness (QED) is 0.891. The summed E-state index contributed by atoms with van der Waals surface area (Å²) >= 11 is 5.97. The highest BCUT2D eigenvalue weighted by Crippen LogP contribution is 2.22. The van der Waals surface area contributed by atoms with Crippen molar-refractivity contribution in [1.29, 1.82) is 0 Å². The van der Waals surface area contributed by atoms with E-state index in [4.69, 9.17) is 11.6 Å². The molecule has 0 radical (unpaired) electrons. The second kappa shape index (κ2) is 5.39. The maximum Gasteiger partial charge on any atom is 0.326 e. The minimum atomic E-state index is -0.131. The van der Waals surface area contributed by atoms with Gasteiger partial charge in [-0.15, -0.1) is 0 Å². The molecule has 4 heteroatoms. The fraction of sp³-hybridized carbons (Fsp3) is 0.0625. The minimum absolute atomic E-state index is 0.131. The van der Waals surface area contributed by atoms with Gasteiger partial charge < -0.3 is 5.32 Å². The third kappa shape index (κ3) is 2.53. The van der Waals surface area contributed by atoms with Crippen molar-refractivity contribution >= 4 is 29.0 Å². The van der Waals surface area contributed by atoms with Gasteiger partial charge in [-0.2, -0.15) is 0 Å². The number of carbonyl (C=O) groups is 1. The van der Waals surface area contributed by atoms with E-state index < -0.39 is 0 Å². The Morgan fingerprint density at radius 2 is 1.85 bits per heavy atom. The van der Waals surface area contributed by atoms with E-state index in [2.05, 4.69) is 5.32 Å². The molecule has 1 aliphatic rings. The Morgan fingerprint density at radius 1 is 1.05 bits per heavy atom. The molecule has 0 saturated heterocycles. The summed E-state index contributed by atoms with van der Waals surface area (Å²) in [4.78, 5) is 13.9. The van der Waals surface area contributed by atoms with E-state index in [9.17, 15) is 4.79 Å². The molecule has 2 aromatic carbocycles. The lowest BCUT2D eigenvalue weighted by molar-refractivity contribution is 0.250. The Morgan fingerprint density at radius 3 is 2.55 bits per heavy atom. The summed E-state index contributed by atoms with van der Waals surface area (Å²) in [5.41, 5.74) is 2.59. The van der Waals surface area contributed by atoms with Crippen LogP contribution in [0.3, 0.4) is 0 Å². The van der Waals surface area contributed by atoms with E-state index in [-0.39, 0.29) is 6.03 Å². The van der Waals surface area contributed by atoms with Crippen molar-refractivity contribution in [3.63, 3.8) is 0 Å². The molecular weight excluding hydrogens is 272 g/mol. The van der Waals surface area contributed by atoms with Crippen LogP contribution in [0.15, 0.2) is 60.7 Å². The number of halogens is 1. The average Bonchev–Trinajstić information content (AvgIpc) is 2.48. The first-order chi connectivity index (χ1) is 9.74. The zero-order chi connectivity index (χ0) is 13.9. The predicted molar refractivity (Wildman–Crippen MR) is 81.7 cm³/mol. The molecule has 100 valence electrons. The largest absolute Gasteiger partial charge is 0.326 e. The lowest BCUT2D eigenvalue weighted by Crippen LogP contribution is -2.43. The number of carbonyl (C=O) groups excluding carboxylic acids is 1. The van der Waals surface area contributed by atoms with Crippen molar-refractivity contribution in [3.8, 4) is 0 Å². The van der Waals surface area contributed by atoms with Crippen molar-refractivity contribution in [2.45, 2.75) is 0 Å². The second-order valence-corrected chi connectivity index (χ2v) is 4.94. The second-order valence-electron chi connectivity index (χ2n) is 4.50. The first-order valence-electron chi connectivity index (χ1n) is 6.34. The number of benzene rings is 2. The number of para-hydroxylation sites is 1. The molecule has 1 N–H and O–H groups in total. The highest BCUT2D eigenvalue weighted by molar-refractivity contribution is 6.30. The van der Waals surface area contributed by atoms with Crippen molar-refractivity contribution in [3.05, 3.63) is 71.3 Å². The zero-order valence-electron chi connectivity index (χ0n) is 10.7. The van der Waals surface area contributed by atoms with Crippen molar-refractivity contribution in [2.75, 3.05) is 11.4 Å². The molecular formula is C16H13ClN2O. The standard InChI is InChI=1S/C16H13ClN2O/c17-13-6-4-5-12(11-13)15-9-10-19(16(20)18-15)14-7-2-1-3-8-14/h1-9,11H,10H2,(H,18,20). The van der Waals surface area contributed by atoms with Gasteiger partial charge in [-0.3, -0.25) is 4.90 Å². The van der Waals surface area contributed by atoms with Gasteiger partial charge in [-0.05, 0) is 35.9 Å². The molecule has 0 bridgehead atoms. The van der Waals surface area contributed by atoms with E-state index in [1.165, 1.54) is 0 Å². The van der Waals surface area contributed by atoms with Crippen molar-refractivity contribution < 1.29 is 4.79 Å². The maximum atomic E-state index is 12.2. The van der Waals surface area contributed by atoms with Gasteiger partial charge in [0.1, 0.15) is 0 Å². The van der Waals surface area contributed by atoms with Crippen LogP contribution >= 0.6 is 11.6 Å². The molecule has 0 aromatic heterocycles. The molecule has 20 heavy (non-hydrogen) atoms. The first-order valence-corrected chi connectivity index (χ1v) is 6.71. The van der Waals surface area contributed by atoms with Gasteiger partial charge in [-0.1, -0.05) is 41.9 Å². The number of urea groups is 1. The predicted octanol–water partition coefficient (Wildman–Crippen LogP) is 3.91. The number of nitrogens with one attached hydrogen (secondary N) is 1. The molecule has 0 saturated carbocycles. The highest BCUT2D eigenvalue weighted by Gasteiger charge is 2.20. The molecule has 2 amide bonds. The zero-order valence-corrected chi connectivity index (χ0v) is 11.5. The van der Waals surface area contributed by atoms with Crippen LogP contribution in [0.1, 0.15) is 5.56 Å². The van der Waals surface area contributed by atoms with Crippen LogP contribution in [-0.2, 0) is 0 Å². The van der Waals surface area contributed by atoms with Gasteiger partial charge in [0.25, 0.3) is 0 Å². The number of anilines is 1. The fourth-order valence-electron chi connectivity index (χ4n) is 2.18. The summed E-state index contributed by atoms with van der Waals surface area (Å²) in [7, 11) is 0. The average molecular weight is 285 g/mol. The number of nitrogens with zero attached hydrogens (tertiary/aromatic N) is 1. The summed E-state index contributed by atoms with van der Waals surface area (Å²) in [6, 6.07) is 16.9. The van der Waals surface area contributed by atoms with Crippen LogP contribution in [-0.4, -0.2) is 12.6 Å². The lowest BCUT2D eigenvalue weighted by Gasteiger charge is -2.27. The van der Waals surface area contributed by atoms with E-state index in [1.54, 1.807) is 4.90 Å². The molecule has 2 aromatic rings. The summed E-state index contributed by atoms with van der Waals surface area (Å²) in [5.74, 6) is 0. The smallest absolute Gasteiger partial charge is 0.307 e. The van der Waals surface area contributed by atoms with Crippen molar-refractivity contribution in [1.82, 2.24) is 5.32 Å². The van der Waals surface area contributed by atoms with E-state index in [1.807, 2.05) is 60.7 Å². The fourth-order valence-corrected chi connectivity index (χ4v) is 2.37. The number of hydrogen-bond acceptors (Lipinski definition) is 1. The molecule has 3 nitrogen and oxygen atoms in total. The van der Waals surface area contributed by atoms with Gasteiger partial charge in [0.05, 0.1) is 0 Å². The van der Waals surface area contributed by atoms with E-state index >= 15 is 0 Å². The lowest BCUT2D eigenvalue weighted by atomic mass is 10.1. The Kier molecular flexibility index (Phi) is 3.44. The Bertz CT molecular complexity index is 667. The number of amides is 2. The Labute approximate surface area is 122 Å². The monoisotopic (exact) mass is 284 g/mol.